The van der Waals surface area contributed by atoms with Crippen molar-refractivity contribution in [3.8, 4) is 17.1 Å². The molecular weight excluding hydrogens is 431 g/mol. The first kappa shape index (κ1) is 21.9. The Morgan fingerprint density at radius 2 is 2.16 bits per heavy atom. The van der Waals surface area contributed by atoms with Crippen LogP contribution in [-0.4, -0.2) is 29.4 Å². The van der Waals surface area contributed by atoms with Crippen molar-refractivity contribution < 1.29 is 13.5 Å². The zero-order valence-electron chi connectivity index (χ0n) is 17.9. The molecule has 0 bridgehead atoms. The molecular formula is C24H24ClFN4O2. The number of halogens is 2. The van der Waals surface area contributed by atoms with Gasteiger partial charge in [-0.3, -0.25) is 0 Å². The second-order valence-corrected chi connectivity index (χ2v) is 8.03. The van der Waals surface area contributed by atoms with Crippen LogP contribution < -0.4 is 10.6 Å². The SMILES string of the molecule is C=C1C(c2ccc(F)c(Cl)c2)CCCN1/C(=N\N)c1ccc(-c2cnc(C)o2)c(OC)c1. The van der Waals surface area contributed by atoms with Gasteiger partial charge in [0.05, 0.1) is 23.9 Å². The Kier molecular flexibility index (Phi) is 6.19. The minimum atomic E-state index is -0.438. The zero-order valence-corrected chi connectivity index (χ0v) is 18.7. The lowest BCUT2D eigenvalue weighted by molar-refractivity contribution is 0.382. The molecule has 2 N–H and O–H groups in total. The number of hydrogen-bond acceptors (Lipinski definition) is 5. The molecule has 0 spiro atoms. The number of hydrazone groups is 1. The highest BCUT2D eigenvalue weighted by Crippen LogP contribution is 2.38. The van der Waals surface area contributed by atoms with Crippen LogP contribution >= 0.6 is 11.6 Å². The van der Waals surface area contributed by atoms with Crippen LogP contribution in [-0.2, 0) is 0 Å². The van der Waals surface area contributed by atoms with Gasteiger partial charge in [-0.1, -0.05) is 30.3 Å². The molecule has 0 aliphatic carbocycles. The van der Waals surface area contributed by atoms with Crippen molar-refractivity contribution in [2.75, 3.05) is 13.7 Å². The van der Waals surface area contributed by atoms with Crippen LogP contribution in [0.3, 0.4) is 0 Å². The number of aryl methyl sites for hydroxylation is 1. The number of nitrogens with zero attached hydrogens (tertiary/aromatic N) is 3. The van der Waals surface area contributed by atoms with Crippen LogP contribution in [0.1, 0.15) is 35.8 Å². The van der Waals surface area contributed by atoms with E-state index in [2.05, 4.69) is 16.7 Å². The fourth-order valence-corrected chi connectivity index (χ4v) is 4.29. The van der Waals surface area contributed by atoms with Gasteiger partial charge in [-0.2, -0.15) is 5.10 Å². The van der Waals surface area contributed by atoms with Crippen molar-refractivity contribution in [3.63, 3.8) is 0 Å². The highest BCUT2D eigenvalue weighted by atomic mass is 35.5. The summed E-state index contributed by atoms with van der Waals surface area (Å²) in [7, 11) is 1.60. The zero-order chi connectivity index (χ0) is 22.8. The number of amidine groups is 1. The van der Waals surface area contributed by atoms with Gasteiger partial charge >= 0.3 is 0 Å². The third-order valence-corrected chi connectivity index (χ3v) is 5.98. The van der Waals surface area contributed by atoms with Crippen LogP contribution in [0, 0.1) is 12.7 Å². The van der Waals surface area contributed by atoms with Gasteiger partial charge in [0.25, 0.3) is 0 Å². The van der Waals surface area contributed by atoms with Crippen LogP contribution in [0.2, 0.25) is 5.02 Å². The molecule has 4 rings (SSSR count). The van der Waals surface area contributed by atoms with Crippen molar-refractivity contribution in [2.45, 2.75) is 25.7 Å². The van der Waals surface area contributed by atoms with E-state index in [1.165, 1.54) is 6.07 Å². The van der Waals surface area contributed by atoms with Crippen LogP contribution in [0.4, 0.5) is 4.39 Å². The Labute approximate surface area is 191 Å². The van der Waals surface area contributed by atoms with Gasteiger partial charge in [0.2, 0.25) is 0 Å². The van der Waals surface area contributed by atoms with E-state index < -0.39 is 5.82 Å². The number of benzene rings is 2. The van der Waals surface area contributed by atoms with Gasteiger partial charge in [-0.25, -0.2) is 9.37 Å². The monoisotopic (exact) mass is 454 g/mol. The van der Waals surface area contributed by atoms with Gasteiger partial charge in [0, 0.05) is 30.6 Å². The van der Waals surface area contributed by atoms with E-state index in [1.54, 1.807) is 32.4 Å². The molecule has 1 atom stereocenters. The van der Waals surface area contributed by atoms with Gasteiger partial charge in [0.15, 0.2) is 17.5 Å². The fraction of sp³-hybridized carbons (Fsp3) is 0.250. The number of piperidine rings is 1. The smallest absolute Gasteiger partial charge is 0.191 e. The van der Waals surface area contributed by atoms with Crippen molar-refractivity contribution >= 4 is 17.4 Å². The molecule has 8 heteroatoms. The highest BCUT2D eigenvalue weighted by molar-refractivity contribution is 6.30. The number of aromatic nitrogens is 1. The maximum absolute atomic E-state index is 13.6. The molecule has 0 saturated carbocycles. The highest BCUT2D eigenvalue weighted by Gasteiger charge is 2.29. The standard InChI is InChI=1S/C24H24ClFN4O2/c1-14-18(16-7-9-21(26)20(25)11-16)5-4-10-30(14)24(29-27)17-6-8-19(22(12-17)31-3)23-13-28-15(2)32-23/h6-9,11-13,18H,1,4-5,10,27H2,2-3H3/b29-24-. The van der Waals surface area contributed by atoms with Gasteiger partial charge < -0.3 is 19.9 Å². The van der Waals surface area contributed by atoms with Crippen molar-refractivity contribution in [2.24, 2.45) is 10.9 Å². The lowest BCUT2D eigenvalue weighted by Gasteiger charge is -2.37. The third kappa shape index (κ3) is 4.08. The molecule has 0 radical (unpaired) electrons. The molecule has 1 aliphatic rings. The summed E-state index contributed by atoms with van der Waals surface area (Å²) >= 11 is 6.02. The summed E-state index contributed by atoms with van der Waals surface area (Å²) in [5.74, 6) is 7.77. The van der Waals surface area contributed by atoms with Crippen LogP contribution in [0.25, 0.3) is 11.3 Å². The predicted molar refractivity (Wildman–Crippen MR) is 123 cm³/mol. The molecule has 1 saturated heterocycles. The topological polar surface area (TPSA) is 76.9 Å². The minimum Gasteiger partial charge on any atom is -0.496 e. The molecule has 3 aromatic rings. The number of oxazole rings is 1. The summed E-state index contributed by atoms with van der Waals surface area (Å²) in [5, 5.41) is 4.18. The van der Waals surface area contributed by atoms with Crippen molar-refractivity contribution in [1.29, 1.82) is 0 Å². The first-order chi connectivity index (χ1) is 15.4. The molecule has 2 aromatic carbocycles. The summed E-state index contributed by atoms with van der Waals surface area (Å²) in [6.07, 6.45) is 3.43. The van der Waals surface area contributed by atoms with Crippen LogP contribution in [0.15, 0.2) is 64.4 Å². The van der Waals surface area contributed by atoms with E-state index in [9.17, 15) is 4.39 Å². The van der Waals surface area contributed by atoms with E-state index in [-0.39, 0.29) is 10.9 Å². The average molecular weight is 455 g/mol. The van der Waals surface area contributed by atoms with Crippen molar-refractivity contribution in [3.05, 3.63) is 82.7 Å². The van der Waals surface area contributed by atoms with Gasteiger partial charge in [-0.05, 0) is 42.7 Å². The fourth-order valence-electron chi connectivity index (χ4n) is 4.10. The Hall–Kier alpha value is -3.32. The first-order valence-electron chi connectivity index (χ1n) is 10.2. The van der Waals surface area contributed by atoms with Gasteiger partial charge in [0.1, 0.15) is 11.6 Å². The number of likely N-dealkylation sites (tertiary alicyclic amines) is 1. The molecule has 1 aromatic heterocycles. The molecule has 6 nitrogen and oxygen atoms in total. The van der Waals surface area contributed by atoms with E-state index in [0.717, 1.165) is 35.2 Å². The predicted octanol–water partition coefficient (Wildman–Crippen LogP) is 5.46. The van der Waals surface area contributed by atoms with E-state index in [1.807, 2.05) is 23.1 Å². The molecule has 1 aliphatic heterocycles. The molecule has 166 valence electrons. The Balaban J connectivity index is 1.65. The molecule has 1 fully saturated rings. The molecule has 2 heterocycles. The summed E-state index contributed by atoms with van der Waals surface area (Å²) in [6, 6.07) is 10.5. The average Bonchev–Trinajstić information content (AvgIpc) is 3.23. The van der Waals surface area contributed by atoms with Gasteiger partial charge in [-0.15, -0.1) is 0 Å². The van der Waals surface area contributed by atoms with Crippen molar-refractivity contribution in [1.82, 2.24) is 9.88 Å². The van der Waals surface area contributed by atoms with E-state index in [4.69, 9.17) is 26.6 Å². The number of hydrogen-bond donors (Lipinski definition) is 1. The number of rotatable bonds is 4. The third-order valence-electron chi connectivity index (χ3n) is 5.69. The summed E-state index contributed by atoms with van der Waals surface area (Å²) in [6.45, 7) is 6.81. The number of nitrogens with two attached hydrogens (primary N) is 1. The Bertz CT molecular complexity index is 1190. The number of allylic oxidation sites excluding steroid dienone is 1. The Morgan fingerprint density at radius 1 is 1.34 bits per heavy atom. The molecule has 0 amide bonds. The molecule has 1 unspecified atom stereocenters. The Morgan fingerprint density at radius 3 is 2.81 bits per heavy atom. The molecule has 32 heavy (non-hydrogen) atoms. The summed E-state index contributed by atoms with van der Waals surface area (Å²) in [5.41, 5.74) is 3.31. The lowest BCUT2D eigenvalue weighted by atomic mass is 9.87. The van der Waals surface area contributed by atoms with E-state index in [0.29, 0.717) is 29.8 Å². The normalized spacial score (nSPS) is 17.0. The number of methoxy groups -OCH3 is 1. The second-order valence-electron chi connectivity index (χ2n) is 7.62. The lowest BCUT2D eigenvalue weighted by Crippen LogP contribution is -2.38. The maximum atomic E-state index is 13.6. The number of ether oxygens (including phenoxy) is 1. The van der Waals surface area contributed by atoms with E-state index >= 15 is 0 Å². The summed E-state index contributed by atoms with van der Waals surface area (Å²) in [4.78, 5) is 6.15. The van der Waals surface area contributed by atoms with Crippen LogP contribution in [0.5, 0.6) is 5.75 Å². The first-order valence-corrected chi connectivity index (χ1v) is 10.6. The largest absolute Gasteiger partial charge is 0.496 e. The quantitative estimate of drug-likeness (QED) is 0.245. The maximum Gasteiger partial charge on any atom is 0.191 e. The summed E-state index contributed by atoms with van der Waals surface area (Å²) < 4.78 is 24.9. The second kappa shape index (κ2) is 9.04. The minimum absolute atomic E-state index is 0.0167.